The number of nitrogens with two attached hydrogens (primary N) is 1. The average molecular weight is 246 g/mol. The van der Waals surface area contributed by atoms with Crippen molar-refractivity contribution in [2.75, 3.05) is 11.4 Å². The Bertz CT molecular complexity index is 386. The third-order valence-corrected chi connectivity index (χ3v) is 4.22. The van der Waals surface area contributed by atoms with Crippen LogP contribution in [-0.4, -0.2) is 18.6 Å². The van der Waals surface area contributed by atoms with Gasteiger partial charge in [-0.25, -0.2) is 0 Å². The van der Waals surface area contributed by atoms with Crippen LogP contribution in [0.5, 0.6) is 0 Å². The molecule has 2 nitrogen and oxygen atoms in total. The Morgan fingerprint density at radius 1 is 1.33 bits per heavy atom. The maximum Gasteiger partial charge on any atom is 0.0401 e. The maximum atomic E-state index is 5.97. The monoisotopic (exact) mass is 246 g/mol. The van der Waals surface area contributed by atoms with Crippen molar-refractivity contribution < 1.29 is 0 Å². The minimum Gasteiger partial charge on any atom is -0.368 e. The number of hydrogen-bond acceptors (Lipinski definition) is 2. The molecule has 0 aromatic heterocycles. The van der Waals surface area contributed by atoms with E-state index >= 15 is 0 Å². The fourth-order valence-corrected chi connectivity index (χ4v) is 2.99. The van der Waals surface area contributed by atoms with Crippen molar-refractivity contribution in [1.29, 1.82) is 0 Å². The van der Waals surface area contributed by atoms with Crippen LogP contribution in [0, 0.1) is 5.92 Å². The van der Waals surface area contributed by atoms with E-state index in [2.05, 4.69) is 49.9 Å². The Kier molecular flexibility index (Phi) is 4.28. The number of benzene rings is 1. The molecule has 3 atom stereocenters. The highest BCUT2D eigenvalue weighted by Crippen LogP contribution is 2.31. The van der Waals surface area contributed by atoms with Crippen LogP contribution in [0.25, 0.3) is 0 Å². The lowest BCUT2D eigenvalue weighted by Crippen LogP contribution is -2.43. The molecule has 1 saturated heterocycles. The molecule has 0 saturated carbocycles. The molecule has 2 N–H and O–H groups in total. The molecule has 0 aliphatic carbocycles. The Morgan fingerprint density at radius 2 is 2.06 bits per heavy atom. The van der Waals surface area contributed by atoms with Crippen LogP contribution in [0.3, 0.4) is 0 Å². The number of nitrogens with zero attached hydrogens (tertiary/aromatic N) is 1. The van der Waals surface area contributed by atoms with Crippen molar-refractivity contribution >= 4 is 5.69 Å². The van der Waals surface area contributed by atoms with E-state index in [1.54, 1.807) is 0 Å². The first-order valence-corrected chi connectivity index (χ1v) is 7.19. The standard InChI is InChI=1S/C16H26N2/c1-12-7-6-10-18(14(12)3)16-9-5-4-8-15(16)11-13(2)17/h4-5,8-9,12-14H,6-7,10-11,17H2,1-3H3. The fraction of sp³-hybridized carbons (Fsp3) is 0.625. The lowest BCUT2D eigenvalue weighted by atomic mass is 9.90. The second kappa shape index (κ2) is 5.75. The molecule has 1 heterocycles. The van der Waals surface area contributed by atoms with Crippen molar-refractivity contribution in [2.24, 2.45) is 11.7 Å². The van der Waals surface area contributed by atoms with E-state index in [-0.39, 0.29) is 6.04 Å². The van der Waals surface area contributed by atoms with E-state index in [1.807, 2.05) is 0 Å². The maximum absolute atomic E-state index is 5.97. The van der Waals surface area contributed by atoms with Crippen LogP contribution in [0.2, 0.25) is 0 Å². The van der Waals surface area contributed by atoms with Crippen molar-refractivity contribution in [3.63, 3.8) is 0 Å². The van der Waals surface area contributed by atoms with Crippen LogP contribution < -0.4 is 10.6 Å². The van der Waals surface area contributed by atoms with E-state index in [1.165, 1.54) is 30.6 Å². The molecule has 0 amide bonds. The third kappa shape index (κ3) is 2.86. The summed E-state index contributed by atoms with van der Waals surface area (Å²) in [5.74, 6) is 0.780. The number of anilines is 1. The largest absolute Gasteiger partial charge is 0.368 e. The summed E-state index contributed by atoms with van der Waals surface area (Å²) in [7, 11) is 0. The van der Waals surface area contributed by atoms with Gasteiger partial charge in [0.1, 0.15) is 0 Å². The molecule has 1 aromatic rings. The van der Waals surface area contributed by atoms with Crippen LogP contribution in [0.15, 0.2) is 24.3 Å². The summed E-state index contributed by atoms with van der Waals surface area (Å²) in [4.78, 5) is 2.58. The second-order valence-electron chi connectivity index (χ2n) is 5.86. The number of para-hydroxylation sites is 1. The zero-order valence-corrected chi connectivity index (χ0v) is 11.9. The minimum absolute atomic E-state index is 0.226. The Hall–Kier alpha value is -1.02. The van der Waals surface area contributed by atoms with E-state index in [0.29, 0.717) is 6.04 Å². The summed E-state index contributed by atoms with van der Waals surface area (Å²) in [6.07, 6.45) is 3.62. The molecule has 1 aliphatic rings. The molecule has 1 fully saturated rings. The lowest BCUT2D eigenvalue weighted by molar-refractivity contribution is 0.363. The van der Waals surface area contributed by atoms with Gasteiger partial charge in [0.15, 0.2) is 0 Å². The molecule has 3 unspecified atom stereocenters. The SMILES string of the molecule is CC(N)Cc1ccccc1N1CCCC(C)C1C. The third-order valence-electron chi connectivity index (χ3n) is 4.22. The highest BCUT2D eigenvalue weighted by Gasteiger charge is 2.26. The number of rotatable bonds is 3. The molecule has 1 aliphatic heterocycles. The summed E-state index contributed by atoms with van der Waals surface area (Å²) in [5, 5.41) is 0. The van der Waals surface area contributed by atoms with Crippen LogP contribution in [-0.2, 0) is 6.42 Å². The van der Waals surface area contributed by atoms with Gasteiger partial charge in [0, 0.05) is 24.3 Å². The Morgan fingerprint density at radius 3 is 2.78 bits per heavy atom. The van der Waals surface area contributed by atoms with Gasteiger partial charge in [-0.3, -0.25) is 0 Å². The van der Waals surface area contributed by atoms with E-state index in [9.17, 15) is 0 Å². The first-order chi connectivity index (χ1) is 8.59. The van der Waals surface area contributed by atoms with Crippen molar-refractivity contribution in [1.82, 2.24) is 0 Å². The summed E-state index contributed by atoms with van der Waals surface area (Å²) in [5.41, 5.74) is 8.76. The normalized spacial score (nSPS) is 26.1. The van der Waals surface area contributed by atoms with Gasteiger partial charge in [-0.2, -0.15) is 0 Å². The van der Waals surface area contributed by atoms with Crippen molar-refractivity contribution in [3.8, 4) is 0 Å². The van der Waals surface area contributed by atoms with Gasteiger partial charge in [-0.05, 0) is 50.7 Å². The van der Waals surface area contributed by atoms with Crippen molar-refractivity contribution in [2.45, 2.75) is 52.1 Å². The van der Waals surface area contributed by atoms with E-state index < -0.39 is 0 Å². The first-order valence-electron chi connectivity index (χ1n) is 7.19. The molecule has 2 rings (SSSR count). The van der Waals surface area contributed by atoms with Gasteiger partial charge in [0.05, 0.1) is 0 Å². The topological polar surface area (TPSA) is 29.3 Å². The fourth-order valence-electron chi connectivity index (χ4n) is 2.99. The second-order valence-corrected chi connectivity index (χ2v) is 5.86. The van der Waals surface area contributed by atoms with Gasteiger partial charge >= 0.3 is 0 Å². The van der Waals surface area contributed by atoms with Gasteiger partial charge in [0.2, 0.25) is 0 Å². The van der Waals surface area contributed by atoms with Crippen molar-refractivity contribution in [3.05, 3.63) is 29.8 Å². The quantitative estimate of drug-likeness (QED) is 0.887. The summed E-state index contributed by atoms with van der Waals surface area (Å²) in [6, 6.07) is 9.61. The molecular weight excluding hydrogens is 220 g/mol. The summed E-state index contributed by atoms with van der Waals surface area (Å²) < 4.78 is 0. The highest BCUT2D eigenvalue weighted by atomic mass is 15.2. The smallest absolute Gasteiger partial charge is 0.0401 e. The number of hydrogen-bond donors (Lipinski definition) is 1. The zero-order chi connectivity index (χ0) is 13.1. The van der Waals surface area contributed by atoms with Crippen LogP contribution >= 0.6 is 0 Å². The molecule has 0 bridgehead atoms. The Labute approximate surface area is 111 Å². The zero-order valence-electron chi connectivity index (χ0n) is 11.9. The molecule has 2 heteroatoms. The van der Waals surface area contributed by atoms with Gasteiger partial charge < -0.3 is 10.6 Å². The lowest BCUT2D eigenvalue weighted by Gasteiger charge is -2.40. The Balaban J connectivity index is 2.26. The van der Waals surface area contributed by atoms with Crippen LogP contribution in [0.1, 0.15) is 39.2 Å². The summed E-state index contributed by atoms with van der Waals surface area (Å²) in [6.45, 7) is 7.98. The molecule has 18 heavy (non-hydrogen) atoms. The van der Waals surface area contributed by atoms with Gasteiger partial charge in [-0.1, -0.05) is 25.1 Å². The average Bonchev–Trinajstić information content (AvgIpc) is 2.33. The summed E-state index contributed by atoms with van der Waals surface area (Å²) >= 11 is 0. The number of piperidine rings is 1. The van der Waals surface area contributed by atoms with Gasteiger partial charge in [-0.15, -0.1) is 0 Å². The molecule has 0 radical (unpaired) electrons. The molecule has 100 valence electrons. The molecule has 0 spiro atoms. The van der Waals surface area contributed by atoms with E-state index in [0.717, 1.165) is 12.3 Å². The first kappa shape index (κ1) is 13.4. The minimum atomic E-state index is 0.226. The molecular formula is C16H26N2. The van der Waals surface area contributed by atoms with Gasteiger partial charge in [0.25, 0.3) is 0 Å². The highest BCUT2D eigenvalue weighted by molar-refractivity contribution is 5.55. The molecule has 1 aromatic carbocycles. The predicted molar refractivity (Wildman–Crippen MR) is 79.0 cm³/mol. The predicted octanol–water partition coefficient (Wildman–Crippen LogP) is 3.20. The van der Waals surface area contributed by atoms with E-state index in [4.69, 9.17) is 5.73 Å². The van der Waals surface area contributed by atoms with Crippen LogP contribution in [0.4, 0.5) is 5.69 Å².